The van der Waals surface area contributed by atoms with Crippen LogP contribution in [0.3, 0.4) is 0 Å². The van der Waals surface area contributed by atoms with Crippen LogP contribution >= 0.6 is 0 Å². The molecular weight excluding hydrogens is 314 g/mol. The summed E-state index contributed by atoms with van der Waals surface area (Å²) >= 11 is 0. The highest BCUT2D eigenvalue weighted by molar-refractivity contribution is 7.92. The van der Waals surface area contributed by atoms with Gasteiger partial charge in [-0.1, -0.05) is 18.2 Å². The van der Waals surface area contributed by atoms with Crippen molar-refractivity contribution in [2.24, 2.45) is 0 Å². The van der Waals surface area contributed by atoms with Crippen LogP contribution in [-0.2, 0) is 10.0 Å². The number of nitrogens with one attached hydrogen (secondary N) is 1. The number of fused-ring (bicyclic) bond motifs is 1. The van der Waals surface area contributed by atoms with E-state index in [-0.39, 0.29) is 10.6 Å². The second-order valence-corrected chi connectivity index (χ2v) is 6.71. The summed E-state index contributed by atoms with van der Waals surface area (Å²) in [5, 5.41) is 11.1. The van der Waals surface area contributed by atoms with Gasteiger partial charge in [-0.25, -0.2) is 8.42 Å². The molecule has 0 aliphatic carbocycles. The van der Waals surface area contributed by atoms with Gasteiger partial charge < -0.3 is 9.84 Å². The van der Waals surface area contributed by atoms with Crippen LogP contribution in [0.2, 0.25) is 0 Å². The molecular formula is C17H15NO4S. The Bertz CT molecular complexity index is 967. The molecule has 0 aliphatic rings. The molecule has 0 amide bonds. The molecule has 0 heterocycles. The van der Waals surface area contributed by atoms with Gasteiger partial charge in [-0.3, -0.25) is 4.72 Å². The molecule has 0 saturated carbocycles. The molecule has 0 fully saturated rings. The maximum absolute atomic E-state index is 12.5. The van der Waals surface area contributed by atoms with Crippen LogP contribution in [-0.4, -0.2) is 20.6 Å². The van der Waals surface area contributed by atoms with Crippen LogP contribution in [0.5, 0.6) is 11.5 Å². The number of rotatable bonds is 4. The standard InChI is InChI=1S/C17H15NO4S/c1-22-16-7-5-13-10-17(8-6-12(13)9-16)23(20,21)18-14-3-2-4-15(19)11-14/h2-11,18-19H,1H3. The SMILES string of the molecule is COc1ccc2cc(S(=O)(=O)Nc3cccc(O)c3)ccc2c1. The van der Waals surface area contributed by atoms with Gasteiger partial charge in [0, 0.05) is 6.07 Å². The number of anilines is 1. The monoisotopic (exact) mass is 329 g/mol. The Labute approximate surface area is 134 Å². The molecule has 118 valence electrons. The number of methoxy groups -OCH3 is 1. The van der Waals surface area contributed by atoms with Gasteiger partial charge in [0.25, 0.3) is 10.0 Å². The van der Waals surface area contributed by atoms with E-state index in [0.717, 1.165) is 10.8 Å². The molecule has 0 aliphatic heterocycles. The van der Waals surface area contributed by atoms with Crippen molar-refractivity contribution in [3.05, 3.63) is 60.7 Å². The van der Waals surface area contributed by atoms with Gasteiger partial charge in [-0.15, -0.1) is 0 Å². The van der Waals surface area contributed by atoms with Gasteiger partial charge >= 0.3 is 0 Å². The summed E-state index contributed by atoms with van der Waals surface area (Å²) in [6, 6.07) is 16.3. The minimum absolute atomic E-state index is 0.00388. The Kier molecular flexibility index (Phi) is 3.83. The van der Waals surface area contributed by atoms with Gasteiger partial charge in [0.2, 0.25) is 0 Å². The van der Waals surface area contributed by atoms with Gasteiger partial charge in [0.15, 0.2) is 0 Å². The van der Waals surface area contributed by atoms with Crippen molar-refractivity contribution in [2.45, 2.75) is 4.90 Å². The molecule has 0 atom stereocenters. The van der Waals surface area contributed by atoms with E-state index in [1.807, 2.05) is 12.1 Å². The van der Waals surface area contributed by atoms with E-state index in [1.54, 1.807) is 37.4 Å². The molecule has 3 aromatic rings. The van der Waals surface area contributed by atoms with Crippen molar-refractivity contribution in [2.75, 3.05) is 11.8 Å². The normalized spacial score (nSPS) is 11.3. The summed E-state index contributed by atoms with van der Waals surface area (Å²) < 4.78 is 32.5. The number of aromatic hydroxyl groups is 1. The fraction of sp³-hybridized carbons (Fsp3) is 0.0588. The first kappa shape index (κ1) is 15.2. The summed E-state index contributed by atoms with van der Waals surface area (Å²) in [7, 11) is -2.15. The van der Waals surface area contributed by atoms with Crippen LogP contribution < -0.4 is 9.46 Å². The lowest BCUT2D eigenvalue weighted by Crippen LogP contribution is -2.12. The molecule has 6 heteroatoms. The lowest BCUT2D eigenvalue weighted by Gasteiger charge is -2.09. The summed E-state index contributed by atoms with van der Waals surface area (Å²) in [5.74, 6) is 0.710. The number of hydrogen-bond acceptors (Lipinski definition) is 4. The minimum Gasteiger partial charge on any atom is -0.508 e. The van der Waals surface area contributed by atoms with Crippen molar-refractivity contribution in [1.82, 2.24) is 0 Å². The highest BCUT2D eigenvalue weighted by atomic mass is 32.2. The highest BCUT2D eigenvalue weighted by Gasteiger charge is 2.15. The Morgan fingerprint density at radius 3 is 2.43 bits per heavy atom. The van der Waals surface area contributed by atoms with Crippen LogP contribution in [0, 0.1) is 0 Å². The number of phenols is 1. The second kappa shape index (κ2) is 5.81. The topological polar surface area (TPSA) is 75.6 Å². The molecule has 3 rings (SSSR count). The molecule has 0 spiro atoms. The molecule has 0 aromatic heterocycles. The number of hydrogen-bond donors (Lipinski definition) is 2. The van der Waals surface area contributed by atoms with Crippen molar-refractivity contribution in [3.63, 3.8) is 0 Å². The number of benzene rings is 3. The molecule has 0 saturated heterocycles. The van der Waals surface area contributed by atoms with E-state index in [4.69, 9.17) is 4.74 Å². The van der Waals surface area contributed by atoms with Crippen molar-refractivity contribution >= 4 is 26.5 Å². The Morgan fingerprint density at radius 2 is 1.70 bits per heavy atom. The van der Waals surface area contributed by atoms with Crippen molar-refractivity contribution < 1.29 is 18.3 Å². The fourth-order valence-electron chi connectivity index (χ4n) is 2.28. The van der Waals surface area contributed by atoms with Crippen LogP contribution in [0.1, 0.15) is 0 Å². The molecule has 0 bridgehead atoms. The second-order valence-electron chi connectivity index (χ2n) is 5.03. The van der Waals surface area contributed by atoms with E-state index in [0.29, 0.717) is 11.4 Å². The van der Waals surface area contributed by atoms with E-state index in [2.05, 4.69) is 4.72 Å². The highest BCUT2D eigenvalue weighted by Crippen LogP contribution is 2.25. The summed E-state index contributed by atoms with van der Waals surface area (Å²) in [4.78, 5) is 0.151. The molecule has 0 unspecified atom stereocenters. The third kappa shape index (κ3) is 3.22. The predicted molar refractivity (Wildman–Crippen MR) is 89.4 cm³/mol. The molecule has 0 radical (unpaired) electrons. The van der Waals surface area contributed by atoms with E-state index < -0.39 is 10.0 Å². The van der Waals surface area contributed by atoms with Crippen LogP contribution in [0.15, 0.2) is 65.6 Å². The first-order valence-electron chi connectivity index (χ1n) is 6.87. The first-order chi connectivity index (χ1) is 11.0. The van der Waals surface area contributed by atoms with Crippen molar-refractivity contribution in [3.8, 4) is 11.5 Å². The number of phenolic OH excluding ortho intramolecular Hbond substituents is 1. The van der Waals surface area contributed by atoms with E-state index >= 15 is 0 Å². The zero-order chi connectivity index (χ0) is 16.4. The first-order valence-corrected chi connectivity index (χ1v) is 8.36. The predicted octanol–water partition coefficient (Wildman–Crippen LogP) is 3.35. The van der Waals surface area contributed by atoms with E-state index in [1.165, 1.54) is 18.2 Å². The maximum Gasteiger partial charge on any atom is 0.261 e. The zero-order valence-electron chi connectivity index (χ0n) is 12.4. The number of sulfonamides is 1. The summed E-state index contributed by atoms with van der Waals surface area (Å²) in [6.45, 7) is 0. The van der Waals surface area contributed by atoms with Crippen LogP contribution in [0.25, 0.3) is 10.8 Å². The number of ether oxygens (including phenoxy) is 1. The smallest absolute Gasteiger partial charge is 0.261 e. The quantitative estimate of drug-likeness (QED) is 0.769. The molecule has 2 N–H and O–H groups in total. The zero-order valence-corrected chi connectivity index (χ0v) is 13.2. The molecule has 3 aromatic carbocycles. The van der Waals surface area contributed by atoms with Crippen molar-refractivity contribution in [1.29, 1.82) is 0 Å². The molecule has 23 heavy (non-hydrogen) atoms. The van der Waals surface area contributed by atoms with Gasteiger partial charge in [0.1, 0.15) is 11.5 Å². The average molecular weight is 329 g/mol. The Balaban J connectivity index is 1.97. The third-order valence-electron chi connectivity index (χ3n) is 3.43. The summed E-state index contributed by atoms with van der Waals surface area (Å²) in [5.41, 5.74) is 0.305. The minimum atomic E-state index is -3.73. The Hall–Kier alpha value is -2.73. The summed E-state index contributed by atoms with van der Waals surface area (Å²) in [6.07, 6.45) is 0. The largest absolute Gasteiger partial charge is 0.508 e. The third-order valence-corrected chi connectivity index (χ3v) is 4.81. The maximum atomic E-state index is 12.5. The van der Waals surface area contributed by atoms with Crippen LogP contribution in [0.4, 0.5) is 5.69 Å². The van der Waals surface area contributed by atoms with Gasteiger partial charge in [0.05, 0.1) is 17.7 Å². The average Bonchev–Trinajstić information content (AvgIpc) is 2.53. The fourth-order valence-corrected chi connectivity index (χ4v) is 3.36. The van der Waals surface area contributed by atoms with E-state index in [9.17, 15) is 13.5 Å². The lowest BCUT2D eigenvalue weighted by atomic mass is 10.1. The lowest BCUT2D eigenvalue weighted by molar-refractivity contribution is 0.415. The molecule has 5 nitrogen and oxygen atoms in total. The van der Waals surface area contributed by atoms with Gasteiger partial charge in [-0.2, -0.15) is 0 Å². The Morgan fingerprint density at radius 1 is 0.957 bits per heavy atom. The van der Waals surface area contributed by atoms with Gasteiger partial charge in [-0.05, 0) is 47.2 Å².